The number of hydrogen-bond acceptors (Lipinski definition) is 8. The van der Waals surface area contributed by atoms with Gasteiger partial charge in [0.05, 0.1) is 24.2 Å². The molecule has 1 atom stereocenters. The average Bonchev–Trinajstić information content (AvgIpc) is 3.34. The number of rotatable bonds is 7. The first kappa shape index (κ1) is 26.2. The minimum absolute atomic E-state index is 0.120. The predicted molar refractivity (Wildman–Crippen MR) is 157 cm³/mol. The summed E-state index contributed by atoms with van der Waals surface area (Å²) >= 11 is 0. The average molecular weight is 537 g/mol. The molecular formula is C31H36N8O. The normalized spacial score (nSPS) is 19.6. The van der Waals surface area contributed by atoms with Gasteiger partial charge >= 0.3 is 0 Å². The van der Waals surface area contributed by atoms with Crippen LogP contribution in [0.5, 0.6) is 0 Å². The van der Waals surface area contributed by atoms with Gasteiger partial charge in [0, 0.05) is 64.0 Å². The largest absolute Gasteiger partial charge is 0.352 e. The number of amides is 1. The number of nitrogens with zero attached hydrogens (tertiary/aromatic N) is 8. The van der Waals surface area contributed by atoms with Crippen molar-refractivity contribution in [3.63, 3.8) is 0 Å². The van der Waals surface area contributed by atoms with E-state index in [0.29, 0.717) is 25.7 Å². The Morgan fingerprint density at radius 2 is 1.88 bits per heavy atom. The Morgan fingerprint density at radius 3 is 2.65 bits per heavy atom. The van der Waals surface area contributed by atoms with Crippen molar-refractivity contribution in [2.45, 2.75) is 38.1 Å². The summed E-state index contributed by atoms with van der Waals surface area (Å²) in [4.78, 5) is 33.7. The quantitative estimate of drug-likeness (QED) is 0.427. The van der Waals surface area contributed by atoms with E-state index in [2.05, 4.69) is 88.8 Å². The van der Waals surface area contributed by atoms with E-state index in [0.717, 1.165) is 55.7 Å². The lowest BCUT2D eigenvalue weighted by atomic mass is 10.0. The topological polar surface area (TPSA) is 82.8 Å². The Kier molecular flexibility index (Phi) is 7.13. The number of benzene rings is 2. The molecule has 40 heavy (non-hydrogen) atoms. The second-order valence-electron chi connectivity index (χ2n) is 11.3. The number of hydrogen-bond donors (Lipinski definition) is 0. The summed E-state index contributed by atoms with van der Waals surface area (Å²) in [6.45, 7) is 9.61. The maximum absolute atomic E-state index is 12.5. The number of piperazine rings is 1. The van der Waals surface area contributed by atoms with Crippen LogP contribution in [0.1, 0.15) is 23.2 Å². The molecule has 1 amide bonds. The van der Waals surface area contributed by atoms with Gasteiger partial charge in [0.15, 0.2) is 0 Å². The third-order valence-corrected chi connectivity index (χ3v) is 8.53. The van der Waals surface area contributed by atoms with Crippen molar-refractivity contribution in [2.24, 2.45) is 0 Å². The van der Waals surface area contributed by atoms with Crippen molar-refractivity contribution in [1.29, 1.82) is 5.26 Å². The summed E-state index contributed by atoms with van der Waals surface area (Å²) < 4.78 is 0. The molecule has 2 saturated heterocycles. The molecule has 6 rings (SSSR count). The van der Waals surface area contributed by atoms with Gasteiger partial charge in [0.1, 0.15) is 5.82 Å². The van der Waals surface area contributed by atoms with Gasteiger partial charge < -0.3 is 19.6 Å². The molecule has 1 aromatic heterocycles. The molecule has 9 nitrogen and oxygen atoms in total. The molecule has 2 fully saturated rings. The van der Waals surface area contributed by atoms with Crippen LogP contribution in [-0.2, 0) is 24.4 Å². The molecule has 2 aromatic carbocycles. The lowest BCUT2D eigenvalue weighted by Crippen LogP contribution is -2.58. The first-order valence-corrected chi connectivity index (χ1v) is 14.0. The molecule has 0 aliphatic carbocycles. The summed E-state index contributed by atoms with van der Waals surface area (Å²) in [6, 6.07) is 17.6. The fourth-order valence-corrected chi connectivity index (χ4v) is 6.15. The van der Waals surface area contributed by atoms with Gasteiger partial charge in [0.2, 0.25) is 11.9 Å². The number of likely N-dealkylation sites (N-methyl/N-ethyl adjacent to an activating group) is 1. The van der Waals surface area contributed by atoms with Crippen molar-refractivity contribution in [3.8, 4) is 6.07 Å². The van der Waals surface area contributed by atoms with E-state index in [4.69, 9.17) is 9.97 Å². The standard InChI is InChI=1S/C31H36N8O/c1-4-29(40)39-15-14-37(17-24(39)12-13-32)30-27-20-36(16-23-10-7-9-22-8-5-6-11-26(22)23)21-28(27)33-31(34-30)38-18-25(19-38)35(2)3/h4-11,24-25H,1,12,14-21H2,2-3H3/t24-/m0/s1. The van der Waals surface area contributed by atoms with Gasteiger partial charge in [-0.2, -0.15) is 10.2 Å². The molecule has 0 bridgehead atoms. The summed E-state index contributed by atoms with van der Waals surface area (Å²) in [7, 11) is 4.23. The number of nitriles is 1. The summed E-state index contributed by atoms with van der Waals surface area (Å²) in [5.41, 5.74) is 3.55. The Hall–Kier alpha value is -4.00. The first-order valence-electron chi connectivity index (χ1n) is 14.0. The van der Waals surface area contributed by atoms with Crippen molar-refractivity contribution >= 4 is 28.4 Å². The van der Waals surface area contributed by atoms with Crippen LogP contribution < -0.4 is 9.80 Å². The number of carbonyl (C=O) groups is 1. The van der Waals surface area contributed by atoms with E-state index < -0.39 is 0 Å². The highest BCUT2D eigenvalue weighted by Gasteiger charge is 2.36. The molecule has 3 aromatic rings. The fraction of sp³-hybridized carbons (Fsp3) is 0.419. The van der Waals surface area contributed by atoms with Crippen LogP contribution in [0.15, 0.2) is 55.1 Å². The number of carbonyl (C=O) groups excluding carboxylic acids is 1. The lowest BCUT2D eigenvalue weighted by molar-refractivity contribution is -0.128. The highest BCUT2D eigenvalue weighted by Crippen LogP contribution is 2.35. The van der Waals surface area contributed by atoms with Gasteiger partial charge in [-0.3, -0.25) is 9.69 Å². The minimum Gasteiger partial charge on any atom is -0.352 e. The molecule has 0 unspecified atom stereocenters. The maximum atomic E-state index is 12.5. The molecule has 3 aliphatic heterocycles. The second kappa shape index (κ2) is 10.9. The summed E-state index contributed by atoms with van der Waals surface area (Å²) in [5, 5.41) is 12.0. The molecular weight excluding hydrogens is 500 g/mol. The molecule has 0 spiro atoms. The predicted octanol–water partition coefficient (Wildman–Crippen LogP) is 3.01. The van der Waals surface area contributed by atoms with E-state index in [1.165, 1.54) is 22.4 Å². The lowest BCUT2D eigenvalue weighted by Gasteiger charge is -2.44. The van der Waals surface area contributed by atoms with Gasteiger partial charge in [-0.05, 0) is 36.5 Å². The highest BCUT2D eigenvalue weighted by molar-refractivity contribution is 5.87. The van der Waals surface area contributed by atoms with Gasteiger partial charge in [-0.15, -0.1) is 0 Å². The molecule has 9 heteroatoms. The van der Waals surface area contributed by atoms with E-state index in [1.54, 1.807) is 4.90 Å². The smallest absolute Gasteiger partial charge is 0.246 e. The van der Waals surface area contributed by atoms with Crippen molar-refractivity contribution < 1.29 is 4.79 Å². The Labute approximate surface area is 235 Å². The van der Waals surface area contributed by atoms with E-state index in [-0.39, 0.29) is 18.4 Å². The van der Waals surface area contributed by atoms with E-state index in [1.807, 2.05) is 0 Å². The Bertz CT molecular complexity index is 1470. The third kappa shape index (κ3) is 4.89. The SMILES string of the molecule is C=CC(=O)N1CCN(c2nc(N3CC(N(C)C)C3)nc3c2CN(Cc2cccc4ccccc24)C3)C[C@@H]1CC#N. The van der Waals surface area contributed by atoms with Gasteiger partial charge in [0.25, 0.3) is 0 Å². The van der Waals surface area contributed by atoms with Crippen LogP contribution in [0.4, 0.5) is 11.8 Å². The number of anilines is 2. The first-order chi connectivity index (χ1) is 19.4. The zero-order valence-electron chi connectivity index (χ0n) is 23.3. The van der Waals surface area contributed by atoms with Crippen molar-refractivity contribution in [2.75, 3.05) is 56.6 Å². The fourth-order valence-electron chi connectivity index (χ4n) is 6.15. The summed E-state index contributed by atoms with van der Waals surface area (Å²) in [6.07, 6.45) is 1.62. The zero-order chi connectivity index (χ0) is 27.8. The van der Waals surface area contributed by atoms with E-state index in [9.17, 15) is 10.1 Å². The summed E-state index contributed by atoms with van der Waals surface area (Å²) in [5.74, 6) is 1.60. The molecule has 3 aliphatic rings. The third-order valence-electron chi connectivity index (χ3n) is 8.53. The number of fused-ring (bicyclic) bond motifs is 2. The van der Waals surface area contributed by atoms with Gasteiger partial charge in [-0.25, -0.2) is 4.98 Å². The molecule has 206 valence electrons. The van der Waals surface area contributed by atoms with E-state index >= 15 is 0 Å². The van der Waals surface area contributed by atoms with Crippen LogP contribution >= 0.6 is 0 Å². The van der Waals surface area contributed by atoms with Crippen LogP contribution in [0.25, 0.3) is 10.8 Å². The molecule has 0 radical (unpaired) electrons. The Balaban J connectivity index is 1.30. The highest BCUT2D eigenvalue weighted by atomic mass is 16.2. The Morgan fingerprint density at radius 1 is 1.07 bits per heavy atom. The van der Waals surface area contributed by atoms with Crippen molar-refractivity contribution in [3.05, 3.63) is 71.9 Å². The van der Waals surface area contributed by atoms with Crippen molar-refractivity contribution in [1.82, 2.24) is 24.7 Å². The van der Waals surface area contributed by atoms with Crippen LogP contribution in [0.2, 0.25) is 0 Å². The van der Waals surface area contributed by atoms with Crippen LogP contribution in [-0.4, -0.2) is 89.5 Å². The van der Waals surface area contributed by atoms with Gasteiger partial charge in [-0.1, -0.05) is 49.0 Å². The zero-order valence-corrected chi connectivity index (χ0v) is 23.3. The maximum Gasteiger partial charge on any atom is 0.246 e. The molecule has 4 heterocycles. The molecule has 0 saturated carbocycles. The molecule has 0 N–H and O–H groups in total. The second-order valence-corrected chi connectivity index (χ2v) is 11.3. The number of aromatic nitrogens is 2. The minimum atomic E-state index is -0.200. The monoisotopic (exact) mass is 536 g/mol. The van der Waals surface area contributed by atoms with Crippen LogP contribution in [0.3, 0.4) is 0 Å². The van der Waals surface area contributed by atoms with Crippen LogP contribution in [0, 0.1) is 11.3 Å².